The van der Waals surface area contributed by atoms with Gasteiger partial charge in [0.1, 0.15) is 0 Å². The van der Waals surface area contributed by atoms with Gasteiger partial charge in [-0.2, -0.15) is 0 Å². The number of carboxylic acids is 1. The fraction of sp³-hybridized carbons (Fsp3) is 0.750. The van der Waals surface area contributed by atoms with E-state index in [2.05, 4.69) is 4.90 Å². The molecule has 0 bridgehead atoms. The summed E-state index contributed by atoms with van der Waals surface area (Å²) in [5, 5.41) is 10.1. The Kier molecular flexibility index (Phi) is 3.25. The van der Waals surface area contributed by atoms with Crippen molar-refractivity contribution in [2.24, 2.45) is 0 Å². The van der Waals surface area contributed by atoms with Gasteiger partial charge in [0, 0.05) is 26.2 Å². The van der Waals surface area contributed by atoms with Crippen molar-refractivity contribution >= 4 is 11.9 Å². The van der Waals surface area contributed by atoms with E-state index in [4.69, 9.17) is 0 Å². The molecule has 0 aromatic heterocycles. The van der Waals surface area contributed by atoms with Gasteiger partial charge in [0.2, 0.25) is 5.91 Å². The van der Waals surface area contributed by atoms with Crippen molar-refractivity contribution in [3.05, 3.63) is 0 Å². The zero-order valence-electron chi connectivity index (χ0n) is 7.65. The normalized spacial score (nSPS) is 18.7. The van der Waals surface area contributed by atoms with E-state index in [0.717, 1.165) is 13.1 Å². The predicted octanol–water partition coefficient (Wildman–Crippen LogP) is -2.10. The molecule has 0 N–H and O–H groups in total. The molecule has 0 aromatic carbocycles. The fourth-order valence-corrected chi connectivity index (χ4v) is 1.29. The Morgan fingerprint density at radius 2 is 1.77 bits per heavy atom. The van der Waals surface area contributed by atoms with Crippen molar-refractivity contribution in [1.82, 2.24) is 9.80 Å². The van der Waals surface area contributed by atoms with Crippen LogP contribution < -0.4 is 5.11 Å². The van der Waals surface area contributed by atoms with E-state index in [0.29, 0.717) is 13.1 Å². The van der Waals surface area contributed by atoms with E-state index < -0.39 is 12.4 Å². The lowest BCUT2D eigenvalue weighted by Gasteiger charge is -2.32. The second-order valence-electron chi connectivity index (χ2n) is 3.23. The Bertz CT molecular complexity index is 209. The highest BCUT2D eigenvalue weighted by Gasteiger charge is 2.18. The number of hydrogen-bond donors (Lipinski definition) is 0. The van der Waals surface area contributed by atoms with Gasteiger partial charge in [-0.15, -0.1) is 0 Å². The van der Waals surface area contributed by atoms with E-state index in [1.165, 1.54) is 0 Å². The average Bonchev–Trinajstić information content (AvgIpc) is 2.04. The standard InChI is InChI=1S/C8H14N2O3/c1-9-2-4-10(5-3-9)7(11)6-8(12)13/h2-6H2,1H3,(H,12,13)/p-1. The molecule has 13 heavy (non-hydrogen) atoms. The van der Waals surface area contributed by atoms with E-state index in [1.807, 2.05) is 7.05 Å². The molecule has 1 saturated heterocycles. The fourth-order valence-electron chi connectivity index (χ4n) is 1.29. The van der Waals surface area contributed by atoms with Gasteiger partial charge in [-0.1, -0.05) is 0 Å². The SMILES string of the molecule is CN1CCN(C(=O)CC(=O)[O-])CC1. The van der Waals surface area contributed by atoms with Crippen LogP contribution in [0.3, 0.4) is 0 Å². The largest absolute Gasteiger partial charge is 0.550 e. The monoisotopic (exact) mass is 185 g/mol. The van der Waals surface area contributed by atoms with Crippen LogP contribution in [0.1, 0.15) is 6.42 Å². The Morgan fingerprint density at radius 1 is 1.23 bits per heavy atom. The molecular weight excluding hydrogens is 172 g/mol. The summed E-state index contributed by atoms with van der Waals surface area (Å²) in [6.45, 7) is 2.84. The lowest BCUT2D eigenvalue weighted by atomic mass is 10.3. The van der Waals surface area contributed by atoms with Crippen LogP contribution in [-0.4, -0.2) is 54.9 Å². The maximum Gasteiger partial charge on any atom is 0.228 e. The summed E-state index contributed by atoms with van der Waals surface area (Å²) in [4.78, 5) is 25.0. The Morgan fingerprint density at radius 3 is 2.23 bits per heavy atom. The lowest BCUT2D eigenvalue weighted by molar-refractivity contribution is -0.304. The highest BCUT2D eigenvalue weighted by Crippen LogP contribution is 2.00. The first-order valence-corrected chi connectivity index (χ1v) is 4.26. The summed E-state index contributed by atoms with van der Waals surface area (Å²) in [6, 6.07) is 0. The highest BCUT2D eigenvalue weighted by molar-refractivity contribution is 5.92. The molecule has 0 aromatic rings. The third-order valence-electron chi connectivity index (χ3n) is 2.15. The maximum atomic E-state index is 11.2. The zero-order chi connectivity index (χ0) is 9.84. The third-order valence-corrected chi connectivity index (χ3v) is 2.15. The first-order chi connectivity index (χ1) is 6.09. The summed E-state index contributed by atoms with van der Waals surface area (Å²) in [5.41, 5.74) is 0. The average molecular weight is 185 g/mol. The maximum absolute atomic E-state index is 11.2. The highest BCUT2D eigenvalue weighted by atomic mass is 16.4. The molecule has 0 radical (unpaired) electrons. The van der Waals surface area contributed by atoms with Crippen molar-refractivity contribution in [1.29, 1.82) is 0 Å². The van der Waals surface area contributed by atoms with E-state index in [9.17, 15) is 14.7 Å². The third kappa shape index (κ3) is 3.02. The molecule has 0 spiro atoms. The van der Waals surface area contributed by atoms with Crippen LogP contribution in [0.25, 0.3) is 0 Å². The summed E-state index contributed by atoms with van der Waals surface area (Å²) >= 11 is 0. The van der Waals surface area contributed by atoms with Gasteiger partial charge in [-0.05, 0) is 7.05 Å². The Hall–Kier alpha value is -1.10. The van der Waals surface area contributed by atoms with Crippen LogP contribution in [0.2, 0.25) is 0 Å². The van der Waals surface area contributed by atoms with E-state index in [1.54, 1.807) is 4.90 Å². The smallest absolute Gasteiger partial charge is 0.228 e. The number of nitrogens with zero attached hydrogens (tertiary/aromatic N) is 2. The second-order valence-corrected chi connectivity index (χ2v) is 3.23. The zero-order valence-corrected chi connectivity index (χ0v) is 7.65. The van der Waals surface area contributed by atoms with Gasteiger partial charge < -0.3 is 19.7 Å². The molecule has 0 saturated carbocycles. The molecule has 1 aliphatic rings. The number of piperazine rings is 1. The second kappa shape index (κ2) is 4.23. The molecule has 1 rings (SSSR count). The van der Waals surface area contributed by atoms with Gasteiger partial charge in [-0.25, -0.2) is 0 Å². The van der Waals surface area contributed by atoms with Gasteiger partial charge in [0.25, 0.3) is 0 Å². The molecule has 0 aliphatic carbocycles. The molecule has 1 heterocycles. The molecule has 1 amide bonds. The van der Waals surface area contributed by atoms with Gasteiger partial charge in [0.15, 0.2) is 0 Å². The van der Waals surface area contributed by atoms with Gasteiger partial charge in [0.05, 0.1) is 12.4 Å². The number of hydrogen-bond acceptors (Lipinski definition) is 4. The molecule has 0 unspecified atom stereocenters. The number of likely N-dealkylation sites (N-methyl/N-ethyl adjacent to an activating group) is 1. The Balaban J connectivity index is 2.36. The predicted molar refractivity (Wildman–Crippen MR) is 43.7 cm³/mol. The van der Waals surface area contributed by atoms with E-state index in [-0.39, 0.29) is 5.91 Å². The molecule has 1 fully saturated rings. The van der Waals surface area contributed by atoms with Crippen LogP contribution in [0.15, 0.2) is 0 Å². The molecule has 0 atom stereocenters. The first kappa shape index (κ1) is 9.98. The van der Waals surface area contributed by atoms with Gasteiger partial charge in [-0.3, -0.25) is 4.79 Å². The minimum atomic E-state index is -1.30. The number of aliphatic carboxylic acids is 1. The molecule has 1 aliphatic heterocycles. The van der Waals surface area contributed by atoms with Crippen LogP contribution >= 0.6 is 0 Å². The van der Waals surface area contributed by atoms with Crippen molar-refractivity contribution in [3.63, 3.8) is 0 Å². The Labute approximate surface area is 76.9 Å². The molecule has 5 nitrogen and oxygen atoms in total. The molecule has 74 valence electrons. The summed E-state index contributed by atoms with van der Waals surface area (Å²) in [7, 11) is 1.97. The topological polar surface area (TPSA) is 63.7 Å². The van der Waals surface area contributed by atoms with Crippen molar-refractivity contribution in [2.45, 2.75) is 6.42 Å². The van der Waals surface area contributed by atoms with Crippen molar-refractivity contribution < 1.29 is 14.7 Å². The summed E-state index contributed by atoms with van der Waals surface area (Å²) in [6.07, 6.45) is -0.496. The summed E-state index contributed by atoms with van der Waals surface area (Å²) < 4.78 is 0. The molecular formula is C8H13N2O3-. The number of rotatable bonds is 2. The lowest BCUT2D eigenvalue weighted by Crippen LogP contribution is -2.48. The minimum absolute atomic E-state index is 0.340. The minimum Gasteiger partial charge on any atom is -0.550 e. The summed E-state index contributed by atoms with van der Waals surface area (Å²) in [5.74, 6) is -1.64. The number of carbonyl (C=O) groups is 2. The quantitative estimate of drug-likeness (QED) is 0.462. The number of amides is 1. The van der Waals surface area contributed by atoms with Crippen molar-refractivity contribution in [3.8, 4) is 0 Å². The van der Waals surface area contributed by atoms with Gasteiger partial charge >= 0.3 is 0 Å². The van der Waals surface area contributed by atoms with E-state index >= 15 is 0 Å². The van der Waals surface area contributed by atoms with Crippen LogP contribution in [0.5, 0.6) is 0 Å². The number of carboxylic acid groups (broad SMARTS) is 1. The van der Waals surface area contributed by atoms with Crippen LogP contribution in [-0.2, 0) is 9.59 Å². The number of carbonyl (C=O) groups excluding carboxylic acids is 2. The van der Waals surface area contributed by atoms with Crippen molar-refractivity contribution in [2.75, 3.05) is 33.2 Å². The van der Waals surface area contributed by atoms with Crippen LogP contribution in [0, 0.1) is 0 Å². The first-order valence-electron chi connectivity index (χ1n) is 4.26. The van der Waals surface area contributed by atoms with Crippen LogP contribution in [0.4, 0.5) is 0 Å². The molecule has 5 heteroatoms.